The van der Waals surface area contributed by atoms with Gasteiger partial charge in [0.1, 0.15) is 0 Å². The molecule has 0 saturated carbocycles. The zero-order valence-corrected chi connectivity index (χ0v) is 11.5. The minimum Gasteiger partial charge on any atom is -0.308 e. The molecule has 0 aliphatic heterocycles. The standard InChI is InChI=1S/C12H23N3S/c1-5-11(3)15-7-6-12(14-15)8-13-10(2)9-16-4/h6-7,10-11,13H,5,8-9H2,1-4H3. The van der Waals surface area contributed by atoms with Gasteiger partial charge in [0.2, 0.25) is 0 Å². The molecule has 0 aliphatic carbocycles. The van der Waals surface area contributed by atoms with Crippen LogP contribution in [-0.2, 0) is 6.54 Å². The maximum atomic E-state index is 4.56. The molecule has 0 spiro atoms. The Kier molecular flexibility index (Phi) is 5.91. The molecule has 92 valence electrons. The summed E-state index contributed by atoms with van der Waals surface area (Å²) in [5.41, 5.74) is 1.13. The third-order valence-electron chi connectivity index (χ3n) is 2.75. The first-order valence-electron chi connectivity index (χ1n) is 5.93. The number of hydrogen-bond acceptors (Lipinski definition) is 3. The van der Waals surface area contributed by atoms with Crippen molar-refractivity contribution in [3.63, 3.8) is 0 Å². The van der Waals surface area contributed by atoms with Crippen LogP contribution < -0.4 is 5.32 Å². The molecule has 0 radical (unpaired) electrons. The quantitative estimate of drug-likeness (QED) is 0.796. The Morgan fingerprint density at radius 3 is 2.88 bits per heavy atom. The Labute approximate surface area is 103 Å². The second kappa shape index (κ2) is 6.97. The fourth-order valence-corrected chi connectivity index (χ4v) is 2.11. The molecule has 0 fully saturated rings. The minimum absolute atomic E-state index is 0.498. The van der Waals surface area contributed by atoms with Crippen molar-refractivity contribution in [2.24, 2.45) is 0 Å². The second-order valence-corrected chi connectivity index (χ2v) is 5.19. The van der Waals surface area contributed by atoms with E-state index in [9.17, 15) is 0 Å². The van der Waals surface area contributed by atoms with Crippen LogP contribution >= 0.6 is 11.8 Å². The number of thioether (sulfide) groups is 1. The Balaban J connectivity index is 2.40. The van der Waals surface area contributed by atoms with E-state index in [4.69, 9.17) is 0 Å². The summed E-state index contributed by atoms with van der Waals surface area (Å²) in [6.45, 7) is 7.46. The maximum absolute atomic E-state index is 4.56. The van der Waals surface area contributed by atoms with Gasteiger partial charge in [0.15, 0.2) is 0 Å². The topological polar surface area (TPSA) is 29.9 Å². The lowest BCUT2D eigenvalue weighted by Gasteiger charge is -2.11. The summed E-state index contributed by atoms with van der Waals surface area (Å²) >= 11 is 1.87. The predicted molar refractivity (Wildman–Crippen MR) is 71.9 cm³/mol. The van der Waals surface area contributed by atoms with Crippen LogP contribution in [0.25, 0.3) is 0 Å². The van der Waals surface area contributed by atoms with Crippen LogP contribution in [0.3, 0.4) is 0 Å². The zero-order valence-electron chi connectivity index (χ0n) is 10.7. The number of nitrogens with zero attached hydrogens (tertiary/aromatic N) is 2. The molecule has 4 heteroatoms. The van der Waals surface area contributed by atoms with Crippen molar-refractivity contribution >= 4 is 11.8 Å². The van der Waals surface area contributed by atoms with Crippen LogP contribution in [-0.4, -0.2) is 27.8 Å². The van der Waals surface area contributed by atoms with Crippen LogP contribution in [0.4, 0.5) is 0 Å². The first-order chi connectivity index (χ1) is 7.67. The summed E-state index contributed by atoms with van der Waals surface area (Å²) in [4.78, 5) is 0. The lowest BCUT2D eigenvalue weighted by molar-refractivity contribution is 0.469. The lowest BCUT2D eigenvalue weighted by Crippen LogP contribution is -2.27. The van der Waals surface area contributed by atoms with Crippen LogP contribution in [0.5, 0.6) is 0 Å². The average molecular weight is 241 g/mol. The number of aromatic nitrogens is 2. The van der Waals surface area contributed by atoms with Gasteiger partial charge < -0.3 is 5.32 Å². The van der Waals surface area contributed by atoms with Gasteiger partial charge in [-0.15, -0.1) is 0 Å². The van der Waals surface area contributed by atoms with Crippen molar-refractivity contribution in [2.45, 2.75) is 45.8 Å². The largest absolute Gasteiger partial charge is 0.308 e. The Hall–Kier alpha value is -0.480. The van der Waals surface area contributed by atoms with Crippen molar-refractivity contribution in [3.8, 4) is 0 Å². The monoisotopic (exact) mass is 241 g/mol. The molecule has 0 amide bonds. The van der Waals surface area contributed by atoms with Crippen LogP contribution in [0.2, 0.25) is 0 Å². The SMILES string of the molecule is CCC(C)n1ccc(CNC(C)CSC)n1. The van der Waals surface area contributed by atoms with Gasteiger partial charge in [0.25, 0.3) is 0 Å². The molecular weight excluding hydrogens is 218 g/mol. The zero-order chi connectivity index (χ0) is 12.0. The van der Waals surface area contributed by atoms with E-state index >= 15 is 0 Å². The van der Waals surface area contributed by atoms with Crippen molar-refractivity contribution < 1.29 is 0 Å². The lowest BCUT2D eigenvalue weighted by atomic mass is 10.3. The molecule has 2 atom stereocenters. The first-order valence-corrected chi connectivity index (χ1v) is 7.33. The highest BCUT2D eigenvalue weighted by Gasteiger charge is 2.05. The molecule has 0 aromatic carbocycles. The van der Waals surface area contributed by atoms with E-state index < -0.39 is 0 Å². The average Bonchev–Trinajstić information content (AvgIpc) is 2.74. The van der Waals surface area contributed by atoms with Gasteiger partial charge in [-0.2, -0.15) is 16.9 Å². The minimum atomic E-state index is 0.498. The van der Waals surface area contributed by atoms with E-state index in [1.165, 1.54) is 0 Å². The van der Waals surface area contributed by atoms with Crippen molar-refractivity contribution in [3.05, 3.63) is 18.0 Å². The van der Waals surface area contributed by atoms with E-state index in [-0.39, 0.29) is 0 Å². The van der Waals surface area contributed by atoms with E-state index in [1.54, 1.807) is 0 Å². The highest BCUT2D eigenvalue weighted by molar-refractivity contribution is 7.98. The number of rotatable bonds is 7. The third kappa shape index (κ3) is 4.18. The summed E-state index contributed by atoms with van der Waals surface area (Å²) in [5.74, 6) is 1.14. The Bertz CT molecular complexity index is 298. The van der Waals surface area contributed by atoms with Crippen LogP contribution in [0.1, 0.15) is 38.9 Å². The van der Waals surface area contributed by atoms with Gasteiger partial charge in [0.05, 0.1) is 5.69 Å². The summed E-state index contributed by atoms with van der Waals surface area (Å²) in [7, 11) is 0. The fourth-order valence-electron chi connectivity index (χ4n) is 1.49. The van der Waals surface area contributed by atoms with E-state index in [0.29, 0.717) is 12.1 Å². The maximum Gasteiger partial charge on any atom is 0.0762 e. The highest BCUT2D eigenvalue weighted by Crippen LogP contribution is 2.09. The van der Waals surface area contributed by atoms with Crippen molar-refractivity contribution in [2.75, 3.05) is 12.0 Å². The second-order valence-electron chi connectivity index (χ2n) is 4.28. The molecule has 16 heavy (non-hydrogen) atoms. The van der Waals surface area contributed by atoms with Gasteiger partial charge in [-0.3, -0.25) is 4.68 Å². The molecule has 0 saturated heterocycles. The van der Waals surface area contributed by atoms with E-state index in [1.807, 2.05) is 11.8 Å². The van der Waals surface area contributed by atoms with Gasteiger partial charge in [0, 0.05) is 30.6 Å². The molecule has 1 rings (SSSR count). The molecule has 0 bridgehead atoms. The van der Waals surface area contributed by atoms with Gasteiger partial charge in [-0.25, -0.2) is 0 Å². The number of nitrogens with one attached hydrogen (secondary N) is 1. The van der Waals surface area contributed by atoms with E-state index in [0.717, 1.165) is 24.4 Å². The Morgan fingerprint density at radius 2 is 2.25 bits per heavy atom. The van der Waals surface area contributed by atoms with Gasteiger partial charge in [-0.05, 0) is 32.6 Å². The van der Waals surface area contributed by atoms with Crippen molar-refractivity contribution in [1.82, 2.24) is 15.1 Å². The smallest absolute Gasteiger partial charge is 0.0762 e. The molecule has 1 N–H and O–H groups in total. The van der Waals surface area contributed by atoms with Crippen molar-refractivity contribution in [1.29, 1.82) is 0 Å². The van der Waals surface area contributed by atoms with Gasteiger partial charge in [-0.1, -0.05) is 6.92 Å². The molecule has 0 aliphatic rings. The molecule has 1 aromatic rings. The Morgan fingerprint density at radius 1 is 1.50 bits per heavy atom. The molecule has 1 heterocycles. The predicted octanol–water partition coefficient (Wildman–Crippen LogP) is 2.70. The molecular formula is C12H23N3S. The van der Waals surface area contributed by atoms with Gasteiger partial charge >= 0.3 is 0 Å². The highest BCUT2D eigenvalue weighted by atomic mass is 32.2. The first kappa shape index (κ1) is 13.6. The summed E-state index contributed by atoms with van der Waals surface area (Å²) in [6.07, 6.45) is 5.33. The van der Waals surface area contributed by atoms with Crippen LogP contribution in [0, 0.1) is 0 Å². The summed E-state index contributed by atoms with van der Waals surface area (Å²) in [6, 6.07) is 3.14. The van der Waals surface area contributed by atoms with E-state index in [2.05, 4.69) is 54.4 Å². The van der Waals surface area contributed by atoms with Crippen LogP contribution in [0.15, 0.2) is 12.3 Å². The summed E-state index contributed by atoms with van der Waals surface area (Å²) < 4.78 is 2.05. The number of hydrogen-bond donors (Lipinski definition) is 1. The molecule has 2 unspecified atom stereocenters. The molecule has 3 nitrogen and oxygen atoms in total. The summed E-state index contributed by atoms with van der Waals surface area (Å²) in [5, 5.41) is 8.03. The normalized spacial score (nSPS) is 15.0. The third-order valence-corrected chi connectivity index (χ3v) is 3.59. The molecule has 1 aromatic heterocycles. The fraction of sp³-hybridized carbons (Fsp3) is 0.750.